The summed E-state index contributed by atoms with van der Waals surface area (Å²) >= 11 is 0. The molecule has 5 heteroatoms. The Kier molecular flexibility index (Phi) is 6.16. The van der Waals surface area contributed by atoms with Crippen molar-refractivity contribution in [1.82, 2.24) is 10.6 Å². The molecule has 0 amide bonds. The molecule has 1 aromatic carbocycles. The van der Waals surface area contributed by atoms with Crippen molar-refractivity contribution in [3.05, 3.63) is 35.4 Å². The number of nitrogens with zero attached hydrogens (tertiary/aromatic N) is 1. The van der Waals surface area contributed by atoms with Gasteiger partial charge in [-0.05, 0) is 36.5 Å². The molecule has 0 bridgehead atoms. The van der Waals surface area contributed by atoms with Crippen LogP contribution in [0.5, 0.6) is 0 Å². The summed E-state index contributed by atoms with van der Waals surface area (Å²) in [5.41, 5.74) is 0.777. The number of hydrogen-bond acceptors (Lipinski definition) is 1. The van der Waals surface area contributed by atoms with E-state index in [1.807, 2.05) is 6.92 Å². The van der Waals surface area contributed by atoms with Crippen LogP contribution in [0, 0.1) is 11.6 Å². The molecule has 0 saturated heterocycles. The monoisotopic (exact) mass is 309 g/mol. The Morgan fingerprint density at radius 1 is 1.23 bits per heavy atom. The third-order valence-corrected chi connectivity index (χ3v) is 4.26. The molecule has 1 fully saturated rings. The zero-order valence-corrected chi connectivity index (χ0v) is 13.3. The lowest BCUT2D eigenvalue weighted by Crippen LogP contribution is -2.45. The van der Waals surface area contributed by atoms with E-state index in [0.717, 1.165) is 11.5 Å². The average molecular weight is 309 g/mol. The normalized spacial score (nSPS) is 18.1. The highest BCUT2D eigenvalue weighted by Gasteiger charge is 2.15. The highest BCUT2D eigenvalue weighted by atomic mass is 19.2. The predicted molar refractivity (Wildman–Crippen MR) is 86.1 cm³/mol. The largest absolute Gasteiger partial charge is 0.356 e. The van der Waals surface area contributed by atoms with Crippen LogP contribution < -0.4 is 10.6 Å². The van der Waals surface area contributed by atoms with Crippen molar-refractivity contribution in [3.8, 4) is 0 Å². The van der Waals surface area contributed by atoms with Gasteiger partial charge in [-0.3, -0.25) is 4.99 Å². The lowest BCUT2D eigenvalue weighted by atomic mass is 9.96. The van der Waals surface area contributed by atoms with Gasteiger partial charge in [-0.25, -0.2) is 8.78 Å². The van der Waals surface area contributed by atoms with E-state index >= 15 is 0 Å². The quantitative estimate of drug-likeness (QED) is 0.659. The van der Waals surface area contributed by atoms with Gasteiger partial charge >= 0.3 is 0 Å². The number of nitrogens with one attached hydrogen (secondary N) is 2. The van der Waals surface area contributed by atoms with Crippen LogP contribution in [0.2, 0.25) is 0 Å². The van der Waals surface area contributed by atoms with Crippen molar-refractivity contribution in [2.24, 2.45) is 4.99 Å². The van der Waals surface area contributed by atoms with Crippen LogP contribution in [-0.2, 0) is 0 Å². The van der Waals surface area contributed by atoms with Gasteiger partial charge in [-0.2, -0.15) is 0 Å². The molecule has 22 heavy (non-hydrogen) atoms. The molecule has 1 saturated carbocycles. The maximum absolute atomic E-state index is 13.3. The van der Waals surface area contributed by atoms with Gasteiger partial charge in [0.05, 0.1) is 0 Å². The third kappa shape index (κ3) is 4.68. The highest BCUT2D eigenvalue weighted by Crippen LogP contribution is 2.18. The van der Waals surface area contributed by atoms with Gasteiger partial charge in [0, 0.05) is 19.6 Å². The number of aliphatic imine (C=N–C) groups is 1. The molecule has 2 N–H and O–H groups in total. The molecule has 0 aliphatic heterocycles. The number of guanidine groups is 1. The van der Waals surface area contributed by atoms with E-state index in [0.29, 0.717) is 12.6 Å². The Morgan fingerprint density at radius 2 is 1.95 bits per heavy atom. The number of rotatable bonds is 4. The Labute approximate surface area is 131 Å². The van der Waals surface area contributed by atoms with Crippen molar-refractivity contribution in [1.29, 1.82) is 0 Å². The van der Waals surface area contributed by atoms with E-state index in [1.54, 1.807) is 13.1 Å². The highest BCUT2D eigenvalue weighted by molar-refractivity contribution is 5.80. The Morgan fingerprint density at radius 3 is 2.59 bits per heavy atom. The molecule has 3 nitrogen and oxygen atoms in total. The fourth-order valence-corrected chi connectivity index (χ4v) is 2.82. The summed E-state index contributed by atoms with van der Waals surface area (Å²) in [5.74, 6) is -0.755. The van der Waals surface area contributed by atoms with Crippen LogP contribution in [0.15, 0.2) is 23.2 Å². The third-order valence-electron chi connectivity index (χ3n) is 4.26. The summed E-state index contributed by atoms with van der Waals surface area (Å²) in [4.78, 5) is 4.24. The lowest BCUT2D eigenvalue weighted by molar-refractivity contribution is 0.409. The van der Waals surface area contributed by atoms with Crippen molar-refractivity contribution in [2.45, 2.75) is 51.0 Å². The SMILES string of the molecule is CN=C(NCC(C)c1ccc(F)c(F)c1)NC1CCCCC1. The van der Waals surface area contributed by atoms with Crippen LogP contribution in [0.4, 0.5) is 8.78 Å². The summed E-state index contributed by atoms with van der Waals surface area (Å²) in [5, 5.41) is 6.71. The first-order valence-corrected chi connectivity index (χ1v) is 8.02. The molecular weight excluding hydrogens is 284 g/mol. The van der Waals surface area contributed by atoms with Gasteiger partial charge in [0.15, 0.2) is 17.6 Å². The maximum atomic E-state index is 13.3. The molecule has 1 unspecified atom stereocenters. The first kappa shape index (κ1) is 16.7. The number of halogens is 2. The standard InChI is InChI=1S/C17H25F2N3/c1-12(13-8-9-15(18)16(19)10-13)11-21-17(20-2)22-14-6-4-3-5-7-14/h8-10,12,14H,3-7,11H2,1-2H3,(H2,20,21,22). The van der Waals surface area contributed by atoms with Gasteiger partial charge in [0.1, 0.15) is 0 Å². The molecule has 0 radical (unpaired) electrons. The molecule has 0 spiro atoms. The van der Waals surface area contributed by atoms with Crippen molar-refractivity contribution in [3.63, 3.8) is 0 Å². The summed E-state index contributed by atoms with van der Waals surface area (Å²) in [6.07, 6.45) is 6.20. The molecule has 1 aliphatic carbocycles. The van der Waals surface area contributed by atoms with Crippen LogP contribution in [0.3, 0.4) is 0 Å². The van der Waals surface area contributed by atoms with Crippen molar-refractivity contribution < 1.29 is 8.78 Å². The number of hydrogen-bond donors (Lipinski definition) is 2. The second-order valence-electron chi connectivity index (χ2n) is 6.01. The molecule has 1 aromatic rings. The maximum Gasteiger partial charge on any atom is 0.191 e. The fourth-order valence-electron chi connectivity index (χ4n) is 2.82. The van der Waals surface area contributed by atoms with E-state index in [4.69, 9.17) is 0 Å². The minimum Gasteiger partial charge on any atom is -0.356 e. The molecule has 0 aromatic heterocycles. The molecule has 2 rings (SSSR count). The van der Waals surface area contributed by atoms with E-state index < -0.39 is 11.6 Å². The molecule has 1 atom stereocenters. The van der Waals surface area contributed by atoms with Crippen molar-refractivity contribution >= 4 is 5.96 Å². The Hall–Kier alpha value is -1.65. The average Bonchev–Trinajstić information content (AvgIpc) is 2.54. The van der Waals surface area contributed by atoms with E-state index in [-0.39, 0.29) is 5.92 Å². The summed E-state index contributed by atoms with van der Waals surface area (Å²) < 4.78 is 26.3. The Balaban J connectivity index is 1.85. The fraction of sp³-hybridized carbons (Fsp3) is 0.588. The van der Waals surface area contributed by atoms with E-state index in [2.05, 4.69) is 15.6 Å². The van der Waals surface area contributed by atoms with E-state index in [1.165, 1.54) is 44.2 Å². The zero-order chi connectivity index (χ0) is 15.9. The lowest BCUT2D eigenvalue weighted by Gasteiger charge is -2.25. The van der Waals surface area contributed by atoms with Gasteiger partial charge < -0.3 is 10.6 Å². The topological polar surface area (TPSA) is 36.4 Å². The first-order valence-electron chi connectivity index (χ1n) is 8.02. The summed E-state index contributed by atoms with van der Waals surface area (Å²) in [6.45, 7) is 2.60. The van der Waals surface area contributed by atoms with Crippen LogP contribution in [0.25, 0.3) is 0 Å². The smallest absolute Gasteiger partial charge is 0.191 e. The van der Waals surface area contributed by atoms with Gasteiger partial charge in [-0.15, -0.1) is 0 Å². The van der Waals surface area contributed by atoms with Crippen LogP contribution in [-0.4, -0.2) is 25.6 Å². The minimum atomic E-state index is -0.807. The first-order chi connectivity index (χ1) is 10.6. The van der Waals surface area contributed by atoms with Gasteiger partial charge in [0.2, 0.25) is 0 Å². The Bertz CT molecular complexity index is 511. The summed E-state index contributed by atoms with van der Waals surface area (Å²) in [6, 6.07) is 4.55. The van der Waals surface area contributed by atoms with Gasteiger partial charge in [0.25, 0.3) is 0 Å². The second kappa shape index (κ2) is 8.11. The minimum absolute atomic E-state index is 0.0694. The second-order valence-corrected chi connectivity index (χ2v) is 6.01. The number of benzene rings is 1. The molecular formula is C17H25F2N3. The molecule has 0 heterocycles. The predicted octanol–water partition coefficient (Wildman–Crippen LogP) is 3.57. The summed E-state index contributed by atoms with van der Waals surface area (Å²) in [7, 11) is 1.75. The van der Waals surface area contributed by atoms with E-state index in [9.17, 15) is 8.78 Å². The van der Waals surface area contributed by atoms with Crippen LogP contribution in [0.1, 0.15) is 50.5 Å². The zero-order valence-electron chi connectivity index (χ0n) is 13.3. The molecule has 122 valence electrons. The molecule has 1 aliphatic rings. The van der Waals surface area contributed by atoms with Gasteiger partial charge in [-0.1, -0.05) is 32.3 Å². The van der Waals surface area contributed by atoms with Crippen molar-refractivity contribution in [2.75, 3.05) is 13.6 Å². The van der Waals surface area contributed by atoms with Crippen LogP contribution >= 0.6 is 0 Å².